The van der Waals surface area contributed by atoms with Crippen LogP contribution in [-0.4, -0.2) is 27.3 Å². The first-order chi connectivity index (χ1) is 7.81. The average Bonchev–Trinajstić information content (AvgIpc) is 2.34. The molecule has 0 aromatic heterocycles. The molecular formula is C12H20N2O2. The largest absolute Gasteiger partial charge is 0.497 e. The highest BCUT2D eigenvalue weighted by atomic mass is 16.5. The maximum Gasteiger partial charge on any atom is 0.145 e. The fourth-order valence-electron chi connectivity index (χ4n) is 1.44. The van der Waals surface area contributed by atoms with Crippen LogP contribution in [0.3, 0.4) is 0 Å². The number of rotatable bonds is 7. The number of benzene rings is 1. The smallest absolute Gasteiger partial charge is 0.145 e. The van der Waals surface area contributed by atoms with E-state index < -0.39 is 0 Å². The van der Waals surface area contributed by atoms with Gasteiger partial charge < -0.3 is 20.5 Å². The summed E-state index contributed by atoms with van der Waals surface area (Å²) in [7, 11) is 3.29. The van der Waals surface area contributed by atoms with Crippen molar-refractivity contribution >= 4 is 5.69 Å². The van der Waals surface area contributed by atoms with Gasteiger partial charge in [0.05, 0.1) is 19.9 Å². The molecule has 0 atom stereocenters. The molecule has 0 fully saturated rings. The van der Waals surface area contributed by atoms with Crippen molar-refractivity contribution in [2.45, 2.75) is 12.8 Å². The van der Waals surface area contributed by atoms with E-state index in [-0.39, 0.29) is 0 Å². The van der Waals surface area contributed by atoms with E-state index in [1.807, 2.05) is 18.2 Å². The molecule has 0 bridgehead atoms. The number of nitrogens with two attached hydrogens (primary N) is 1. The molecule has 0 saturated carbocycles. The molecule has 0 saturated heterocycles. The lowest BCUT2D eigenvalue weighted by Crippen LogP contribution is -2.06. The number of anilines is 1. The summed E-state index contributed by atoms with van der Waals surface area (Å²) in [4.78, 5) is 0. The molecule has 1 aromatic rings. The second-order valence-corrected chi connectivity index (χ2v) is 3.49. The monoisotopic (exact) mass is 224 g/mol. The van der Waals surface area contributed by atoms with Gasteiger partial charge in [0, 0.05) is 12.6 Å². The van der Waals surface area contributed by atoms with Gasteiger partial charge in [-0.25, -0.2) is 0 Å². The molecule has 1 rings (SSSR count). The van der Waals surface area contributed by atoms with Crippen molar-refractivity contribution in [1.82, 2.24) is 0 Å². The van der Waals surface area contributed by atoms with Crippen LogP contribution in [0, 0.1) is 0 Å². The van der Waals surface area contributed by atoms with Crippen molar-refractivity contribution in [3.8, 4) is 11.5 Å². The molecule has 0 spiro atoms. The molecule has 4 nitrogen and oxygen atoms in total. The lowest BCUT2D eigenvalue weighted by molar-refractivity contribution is 0.395. The van der Waals surface area contributed by atoms with Gasteiger partial charge >= 0.3 is 0 Å². The predicted octanol–water partition coefficient (Wildman–Crippen LogP) is 1.85. The van der Waals surface area contributed by atoms with Crippen LogP contribution in [-0.2, 0) is 0 Å². The minimum absolute atomic E-state index is 0.738. The minimum Gasteiger partial charge on any atom is -0.497 e. The summed E-state index contributed by atoms with van der Waals surface area (Å²) in [6.07, 6.45) is 2.09. The number of methoxy groups -OCH3 is 2. The van der Waals surface area contributed by atoms with Gasteiger partial charge in [0.25, 0.3) is 0 Å². The number of ether oxygens (including phenoxy) is 2. The Morgan fingerprint density at radius 2 is 2.00 bits per heavy atom. The van der Waals surface area contributed by atoms with Gasteiger partial charge in [-0.05, 0) is 31.5 Å². The Morgan fingerprint density at radius 3 is 2.62 bits per heavy atom. The zero-order chi connectivity index (χ0) is 11.8. The third-order valence-corrected chi connectivity index (χ3v) is 2.36. The highest BCUT2D eigenvalue weighted by Crippen LogP contribution is 2.28. The van der Waals surface area contributed by atoms with Crippen molar-refractivity contribution < 1.29 is 9.47 Å². The Bertz CT molecular complexity index is 316. The third kappa shape index (κ3) is 3.62. The molecule has 3 N–H and O–H groups in total. The first kappa shape index (κ1) is 12.6. The van der Waals surface area contributed by atoms with Crippen LogP contribution in [0.15, 0.2) is 18.2 Å². The van der Waals surface area contributed by atoms with Gasteiger partial charge in [-0.2, -0.15) is 0 Å². The minimum atomic E-state index is 0.738. The maximum atomic E-state index is 5.43. The standard InChI is InChI=1S/C12H20N2O2/c1-15-10-5-6-11(12(9-10)16-2)14-8-4-3-7-13/h5-6,9,14H,3-4,7-8,13H2,1-2H3. The van der Waals surface area contributed by atoms with Gasteiger partial charge in [-0.3, -0.25) is 0 Å². The van der Waals surface area contributed by atoms with Crippen molar-refractivity contribution in [2.24, 2.45) is 5.73 Å². The van der Waals surface area contributed by atoms with Crippen LogP contribution in [0.4, 0.5) is 5.69 Å². The summed E-state index contributed by atoms with van der Waals surface area (Å²) in [6, 6.07) is 5.74. The van der Waals surface area contributed by atoms with E-state index >= 15 is 0 Å². The second kappa shape index (κ2) is 6.95. The van der Waals surface area contributed by atoms with E-state index in [4.69, 9.17) is 15.2 Å². The topological polar surface area (TPSA) is 56.5 Å². The molecule has 0 heterocycles. The van der Waals surface area contributed by atoms with E-state index in [1.165, 1.54) is 0 Å². The van der Waals surface area contributed by atoms with Crippen LogP contribution in [0.25, 0.3) is 0 Å². The van der Waals surface area contributed by atoms with Crippen LogP contribution in [0.2, 0.25) is 0 Å². The predicted molar refractivity (Wildman–Crippen MR) is 66.3 cm³/mol. The Balaban J connectivity index is 2.57. The normalized spacial score (nSPS) is 9.94. The molecule has 0 aliphatic rings. The quantitative estimate of drug-likeness (QED) is 0.694. The summed E-state index contributed by atoms with van der Waals surface area (Å²) >= 11 is 0. The molecule has 0 unspecified atom stereocenters. The Kier molecular flexibility index (Phi) is 5.50. The SMILES string of the molecule is COc1ccc(NCCCCN)c(OC)c1. The molecule has 1 aromatic carbocycles. The molecular weight excluding hydrogens is 204 g/mol. The van der Waals surface area contributed by atoms with Crippen molar-refractivity contribution in [3.05, 3.63) is 18.2 Å². The number of nitrogens with one attached hydrogen (secondary N) is 1. The molecule has 0 radical (unpaired) electrons. The highest BCUT2D eigenvalue weighted by molar-refractivity contribution is 5.59. The average molecular weight is 224 g/mol. The highest BCUT2D eigenvalue weighted by Gasteiger charge is 2.03. The van der Waals surface area contributed by atoms with E-state index in [2.05, 4.69) is 5.32 Å². The summed E-state index contributed by atoms with van der Waals surface area (Å²) in [5, 5.41) is 3.31. The van der Waals surface area contributed by atoms with Crippen molar-refractivity contribution in [1.29, 1.82) is 0 Å². The molecule has 90 valence electrons. The molecule has 0 amide bonds. The van der Waals surface area contributed by atoms with Gasteiger partial charge in [-0.1, -0.05) is 0 Å². The number of hydrogen-bond acceptors (Lipinski definition) is 4. The van der Waals surface area contributed by atoms with Gasteiger partial charge in [0.2, 0.25) is 0 Å². The Hall–Kier alpha value is -1.42. The third-order valence-electron chi connectivity index (χ3n) is 2.36. The van der Waals surface area contributed by atoms with Crippen molar-refractivity contribution in [2.75, 3.05) is 32.6 Å². The zero-order valence-electron chi connectivity index (χ0n) is 9.95. The van der Waals surface area contributed by atoms with E-state index in [0.29, 0.717) is 0 Å². The van der Waals surface area contributed by atoms with Gasteiger partial charge in [0.1, 0.15) is 11.5 Å². The number of hydrogen-bond donors (Lipinski definition) is 2. The zero-order valence-corrected chi connectivity index (χ0v) is 9.95. The van der Waals surface area contributed by atoms with Crippen LogP contribution >= 0.6 is 0 Å². The van der Waals surface area contributed by atoms with E-state index in [0.717, 1.165) is 43.1 Å². The van der Waals surface area contributed by atoms with Crippen LogP contribution < -0.4 is 20.5 Å². The first-order valence-corrected chi connectivity index (χ1v) is 5.47. The van der Waals surface area contributed by atoms with Crippen LogP contribution in [0.1, 0.15) is 12.8 Å². The maximum absolute atomic E-state index is 5.43. The summed E-state index contributed by atoms with van der Waals surface area (Å²) in [5.74, 6) is 1.59. The molecule has 0 aliphatic carbocycles. The summed E-state index contributed by atoms with van der Waals surface area (Å²) in [5.41, 5.74) is 6.42. The summed E-state index contributed by atoms with van der Waals surface area (Å²) < 4.78 is 10.4. The lowest BCUT2D eigenvalue weighted by atomic mass is 10.2. The van der Waals surface area contributed by atoms with Gasteiger partial charge in [0.15, 0.2) is 0 Å². The van der Waals surface area contributed by atoms with Gasteiger partial charge in [-0.15, -0.1) is 0 Å². The second-order valence-electron chi connectivity index (χ2n) is 3.49. The first-order valence-electron chi connectivity index (χ1n) is 5.47. The fourth-order valence-corrected chi connectivity index (χ4v) is 1.44. The fraction of sp³-hybridized carbons (Fsp3) is 0.500. The van der Waals surface area contributed by atoms with Crippen molar-refractivity contribution in [3.63, 3.8) is 0 Å². The number of unbranched alkanes of at least 4 members (excludes halogenated alkanes) is 1. The lowest BCUT2D eigenvalue weighted by Gasteiger charge is -2.12. The van der Waals surface area contributed by atoms with E-state index in [1.54, 1.807) is 14.2 Å². The Labute approximate surface area is 96.7 Å². The molecule has 16 heavy (non-hydrogen) atoms. The summed E-state index contributed by atoms with van der Waals surface area (Å²) in [6.45, 7) is 1.64. The Morgan fingerprint density at radius 1 is 1.19 bits per heavy atom. The molecule has 0 aliphatic heterocycles. The van der Waals surface area contributed by atoms with E-state index in [9.17, 15) is 0 Å². The molecule has 4 heteroatoms. The van der Waals surface area contributed by atoms with Crippen LogP contribution in [0.5, 0.6) is 11.5 Å².